The Morgan fingerprint density at radius 3 is 2.89 bits per heavy atom. The van der Waals surface area contributed by atoms with Gasteiger partial charge in [0.05, 0.1) is 6.07 Å². The first kappa shape index (κ1) is 12.4. The molecular formula is C14H24N4. The van der Waals surface area contributed by atoms with Gasteiger partial charge in [-0.1, -0.05) is 6.42 Å². The van der Waals surface area contributed by atoms with Crippen LogP contribution in [0.1, 0.15) is 32.1 Å². The summed E-state index contributed by atoms with van der Waals surface area (Å²) in [6.45, 7) is 6.60. The Morgan fingerprint density at radius 1 is 1.06 bits per heavy atom. The van der Waals surface area contributed by atoms with E-state index in [2.05, 4.69) is 21.2 Å². The van der Waals surface area contributed by atoms with Gasteiger partial charge in [-0.3, -0.25) is 9.80 Å². The summed E-state index contributed by atoms with van der Waals surface area (Å²) < 4.78 is 0. The maximum absolute atomic E-state index is 9.86. The van der Waals surface area contributed by atoms with Crippen molar-refractivity contribution in [1.82, 2.24) is 15.1 Å². The van der Waals surface area contributed by atoms with E-state index in [1.54, 1.807) is 0 Å². The minimum atomic E-state index is -0.188. The summed E-state index contributed by atoms with van der Waals surface area (Å²) >= 11 is 0. The second-order valence-corrected chi connectivity index (χ2v) is 5.92. The summed E-state index contributed by atoms with van der Waals surface area (Å²) in [5.74, 6) is 0. The van der Waals surface area contributed by atoms with E-state index >= 15 is 0 Å². The van der Waals surface area contributed by atoms with Crippen molar-refractivity contribution in [3.63, 3.8) is 0 Å². The van der Waals surface area contributed by atoms with Crippen LogP contribution in [0.15, 0.2) is 0 Å². The number of hydrogen-bond acceptors (Lipinski definition) is 4. The Balaban J connectivity index is 1.82. The molecule has 0 bridgehead atoms. The maximum atomic E-state index is 9.86. The third-order valence-electron chi connectivity index (χ3n) is 5.04. The fourth-order valence-corrected chi connectivity index (χ4v) is 4.09. The van der Waals surface area contributed by atoms with Gasteiger partial charge in [-0.2, -0.15) is 5.26 Å². The quantitative estimate of drug-likeness (QED) is 0.745. The lowest BCUT2D eigenvalue weighted by Gasteiger charge is -2.43. The predicted octanol–water partition coefficient (Wildman–Crippen LogP) is 0.802. The highest BCUT2D eigenvalue weighted by atomic mass is 15.3. The van der Waals surface area contributed by atoms with Crippen LogP contribution >= 0.6 is 0 Å². The molecule has 2 unspecified atom stereocenters. The van der Waals surface area contributed by atoms with Crippen LogP contribution in [0, 0.1) is 11.3 Å². The number of rotatable bonds is 1. The Hall–Kier alpha value is -0.630. The van der Waals surface area contributed by atoms with Crippen LogP contribution in [0.5, 0.6) is 0 Å². The smallest absolute Gasteiger partial charge is 0.126 e. The van der Waals surface area contributed by atoms with Crippen LogP contribution in [-0.4, -0.2) is 60.6 Å². The lowest BCUT2D eigenvalue weighted by Crippen LogP contribution is -2.57. The highest BCUT2D eigenvalue weighted by Gasteiger charge is 2.51. The van der Waals surface area contributed by atoms with Gasteiger partial charge in [-0.25, -0.2) is 0 Å². The molecule has 0 saturated carbocycles. The highest BCUT2D eigenvalue weighted by Crippen LogP contribution is 2.39. The zero-order valence-corrected chi connectivity index (χ0v) is 11.2. The lowest BCUT2D eigenvalue weighted by molar-refractivity contribution is 0.0750. The largest absolute Gasteiger partial charge is 0.315 e. The van der Waals surface area contributed by atoms with E-state index in [1.807, 2.05) is 0 Å². The van der Waals surface area contributed by atoms with Crippen molar-refractivity contribution < 1.29 is 0 Å². The van der Waals surface area contributed by atoms with Crippen molar-refractivity contribution >= 4 is 0 Å². The number of nitrogens with one attached hydrogen (secondary N) is 1. The monoisotopic (exact) mass is 248 g/mol. The number of nitrogens with zero attached hydrogens (tertiary/aromatic N) is 3. The molecule has 0 aromatic rings. The van der Waals surface area contributed by atoms with E-state index in [0.717, 1.165) is 39.1 Å². The third kappa shape index (κ3) is 1.95. The van der Waals surface area contributed by atoms with Gasteiger partial charge in [-0.15, -0.1) is 0 Å². The maximum Gasteiger partial charge on any atom is 0.126 e. The second-order valence-electron chi connectivity index (χ2n) is 5.92. The minimum absolute atomic E-state index is 0.188. The molecule has 0 radical (unpaired) electrons. The van der Waals surface area contributed by atoms with Crippen molar-refractivity contribution in [2.24, 2.45) is 0 Å². The first-order valence-electron chi connectivity index (χ1n) is 7.48. The van der Waals surface area contributed by atoms with E-state index in [1.165, 1.54) is 32.2 Å². The summed E-state index contributed by atoms with van der Waals surface area (Å²) in [7, 11) is 0. The van der Waals surface area contributed by atoms with Crippen LogP contribution in [0.3, 0.4) is 0 Å². The predicted molar refractivity (Wildman–Crippen MR) is 71.2 cm³/mol. The van der Waals surface area contributed by atoms with Crippen molar-refractivity contribution in [3.05, 3.63) is 0 Å². The number of hydrogen-bond donors (Lipinski definition) is 1. The van der Waals surface area contributed by atoms with Crippen LogP contribution in [0.4, 0.5) is 0 Å². The van der Waals surface area contributed by atoms with E-state index in [9.17, 15) is 5.26 Å². The fourth-order valence-electron chi connectivity index (χ4n) is 4.09. The van der Waals surface area contributed by atoms with Crippen LogP contribution in [0.2, 0.25) is 0 Å². The normalized spacial score (nSPS) is 38.9. The topological polar surface area (TPSA) is 42.3 Å². The molecule has 3 saturated heterocycles. The number of nitriles is 1. The molecule has 0 aliphatic carbocycles. The molecule has 0 spiro atoms. The second kappa shape index (κ2) is 5.16. The zero-order valence-electron chi connectivity index (χ0n) is 11.2. The molecule has 2 atom stereocenters. The molecule has 0 aromatic heterocycles. The minimum Gasteiger partial charge on any atom is -0.315 e. The average Bonchev–Trinajstić information content (AvgIpc) is 2.61. The lowest BCUT2D eigenvalue weighted by atomic mass is 9.85. The fraction of sp³-hybridized carbons (Fsp3) is 0.929. The van der Waals surface area contributed by atoms with E-state index in [0.29, 0.717) is 6.04 Å². The Labute approximate surface area is 110 Å². The van der Waals surface area contributed by atoms with E-state index in [-0.39, 0.29) is 5.54 Å². The number of piperidine rings is 1. The van der Waals surface area contributed by atoms with Crippen LogP contribution in [-0.2, 0) is 0 Å². The standard InChI is InChI=1S/C14H24N4/c15-12-14(18-9-3-6-16-7-11-18)5-10-17-8-2-1-4-13(14)17/h13,16H,1-11H2. The molecule has 1 N–H and O–H groups in total. The molecule has 3 fully saturated rings. The van der Waals surface area contributed by atoms with Gasteiger partial charge >= 0.3 is 0 Å². The number of fused-ring (bicyclic) bond motifs is 1. The molecular weight excluding hydrogens is 224 g/mol. The third-order valence-corrected chi connectivity index (χ3v) is 5.04. The molecule has 4 nitrogen and oxygen atoms in total. The Bertz CT molecular complexity index is 329. The first-order chi connectivity index (χ1) is 8.87. The van der Waals surface area contributed by atoms with Gasteiger partial charge < -0.3 is 5.32 Å². The summed E-state index contributed by atoms with van der Waals surface area (Å²) in [5.41, 5.74) is -0.188. The molecule has 3 aliphatic rings. The summed E-state index contributed by atoms with van der Waals surface area (Å²) in [6.07, 6.45) is 6.07. The summed E-state index contributed by atoms with van der Waals surface area (Å²) in [5, 5.41) is 13.3. The van der Waals surface area contributed by atoms with Crippen molar-refractivity contribution in [1.29, 1.82) is 5.26 Å². The van der Waals surface area contributed by atoms with Gasteiger partial charge in [0, 0.05) is 32.2 Å². The van der Waals surface area contributed by atoms with Gasteiger partial charge in [-0.05, 0) is 38.8 Å². The van der Waals surface area contributed by atoms with Crippen LogP contribution in [0.25, 0.3) is 0 Å². The van der Waals surface area contributed by atoms with E-state index < -0.39 is 0 Å². The summed E-state index contributed by atoms with van der Waals surface area (Å²) in [4.78, 5) is 5.06. The Kier molecular flexibility index (Phi) is 3.56. The summed E-state index contributed by atoms with van der Waals surface area (Å²) in [6, 6.07) is 3.23. The molecule has 4 heteroatoms. The van der Waals surface area contributed by atoms with Gasteiger partial charge in [0.15, 0.2) is 0 Å². The van der Waals surface area contributed by atoms with Crippen molar-refractivity contribution in [2.75, 3.05) is 39.3 Å². The van der Waals surface area contributed by atoms with Crippen molar-refractivity contribution in [3.8, 4) is 6.07 Å². The first-order valence-corrected chi connectivity index (χ1v) is 7.48. The molecule has 0 amide bonds. The van der Waals surface area contributed by atoms with E-state index in [4.69, 9.17) is 0 Å². The van der Waals surface area contributed by atoms with Gasteiger partial charge in [0.25, 0.3) is 0 Å². The highest BCUT2D eigenvalue weighted by molar-refractivity contribution is 5.20. The molecule has 3 aliphatic heterocycles. The zero-order chi connectivity index (χ0) is 12.4. The van der Waals surface area contributed by atoms with Crippen LogP contribution < -0.4 is 5.32 Å². The molecule has 18 heavy (non-hydrogen) atoms. The SMILES string of the molecule is N#CC1(N2CCCNCC2)CCN2CCCCC21. The molecule has 0 aromatic carbocycles. The molecule has 3 rings (SSSR count). The Morgan fingerprint density at radius 2 is 2.00 bits per heavy atom. The molecule has 100 valence electrons. The van der Waals surface area contributed by atoms with Gasteiger partial charge in [0.1, 0.15) is 5.54 Å². The average molecular weight is 248 g/mol. The van der Waals surface area contributed by atoms with Gasteiger partial charge in [0.2, 0.25) is 0 Å². The molecule has 3 heterocycles. The van der Waals surface area contributed by atoms with Crippen molar-refractivity contribution in [2.45, 2.75) is 43.7 Å².